The summed E-state index contributed by atoms with van der Waals surface area (Å²) in [5, 5.41) is 11.9. The molecule has 0 spiro atoms. The van der Waals surface area contributed by atoms with E-state index in [2.05, 4.69) is 214 Å². The van der Waals surface area contributed by atoms with E-state index < -0.39 is 6.36 Å². The van der Waals surface area contributed by atoms with Crippen LogP contribution in [0.1, 0.15) is 283 Å². The van der Waals surface area contributed by atoms with Crippen LogP contribution in [0.3, 0.4) is 0 Å². The Morgan fingerprint density at radius 3 is 1.02 bits per heavy atom. The summed E-state index contributed by atoms with van der Waals surface area (Å²) in [7, 11) is 1.62. The van der Waals surface area contributed by atoms with Gasteiger partial charge in [-0.3, -0.25) is 29.2 Å². The second-order valence-corrected chi connectivity index (χ2v) is 34.8. The lowest BCUT2D eigenvalue weighted by Gasteiger charge is -2.21. The fourth-order valence-electron chi connectivity index (χ4n) is 8.38. The molecule has 9 aromatic rings. The van der Waals surface area contributed by atoms with Crippen molar-refractivity contribution >= 4 is 0 Å². The maximum Gasteiger partial charge on any atom is 0.251 e. The van der Waals surface area contributed by atoms with E-state index in [1.165, 1.54) is 34.7 Å². The summed E-state index contributed by atoms with van der Waals surface area (Å²) in [5.41, 5.74) is 12.8. The van der Waals surface area contributed by atoms with Crippen molar-refractivity contribution in [1.82, 2.24) is 54.0 Å². The van der Waals surface area contributed by atoms with Crippen LogP contribution >= 0.6 is 0 Å². The molecule has 9 heterocycles. The van der Waals surface area contributed by atoms with Gasteiger partial charge < -0.3 is 23.0 Å². The van der Waals surface area contributed by atoms with E-state index in [1.54, 1.807) is 53.6 Å². The molecule has 0 saturated carbocycles. The fourth-order valence-corrected chi connectivity index (χ4v) is 8.38. The SMILES string of the molecule is C.C.CC(C)(C)n1ccccc1=O.CC(F)Oc1ccc(C(C)(C)C)cn1.CCn1cc(C(C)(C)C)cn1.COc1ccc(C(C)(C)C)cn1.Cc1ccc(C(C)(C)C)cn1.Cc1ccc(C(C)(C)C)cn1.Cc1ccc(C(C)(C)C)cn1.Cc1ccn(C(C)(C)C)c(=O)c1.Cc1nnc(C(C)(C)C)o1. The van der Waals surface area contributed by atoms with Crippen LogP contribution in [0.25, 0.3) is 0 Å². The number of methoxy groups -OCH3 is 1. The van der Waals surface area contributed by atoms with Crippen LogP contribution < -0.4 is 20.6 Å². The van der Waals surface area contributed by atoms with Crippen molar-refractivity contribution < 1.29 is 18.3 Å². The van der Waals surface area contributed by atoms with Gasteiger partial charge in [-0.2, -0.15) is 5.10 Å². The normalized spacial score (nSPS) is 11.7. The smallest absolute Gasteiger partial charge is 0.251 e. The zero-order valence-corrected chi connectivity index (χ0v) is 70.0. The molecule has 16 nitrogen and oxygen atoms in total. The van der Waals surface area contributed by atoms with E-state index in [4.69, 9.17) is 13.9 Å². The Morgan fingerprint density at radius 2 is 0.790 bits per heavy atom. The Hall–Kier alpha value is -8.47. The average Bonchev–Trinajstić information content (AvgIpc) is 1.20. The molecule has 0 radical (unpaired) electrons. The Labute approximate surface area is 635 Å². The van der Waals surface area contributed by atoms with Crippen molar-refractivity contribution in [2.24, 2.45) is 0 Å². The number of ether oxygens (including phenoxy) is 2. The molecule has 0 aliphatic rings. The van der Waals surface area contributed by atoms with Gasteiger partial charge in [0.1, 0.15) is 0 Å². The molecule has 17 heteroatoms. The lowest BCUT2D eigenvalue weighted by atomic mass is 9.88. The number of aromatic nitrogens is 11. The summed E-state index contributed by atoms with van der Waals surface area (Å²) >= 11 is 0. The summed E-state index contributed by atoms with van der Waals surface area (Å²) in [6.07, 6.45) is 15.8. The van der Waals surface area contributed by atoms with Crippen LogP contribution in [0.4, 0.5) is 4.39 Å². The van der Waals surface area contributed by atoms with Gasteiger partial charge >= 0.3 is 0 Å². The van der Waals surface area contributed by atoms with Crippen LogP contribution in [0.15, 0.2) is 161 Å². The molecule has 0 saturated heterocycles. The minimum absolute atomic E-state index is 0. The summed E-state index contributed by atoms with van der Waals surface area (Å²) in [6.45, 7) is 71.5. The number of rotatable bonds is 4. The predicted molar refractivity (Wildman–Crippen MR) is 441 cm³/mol. The van der Waals surface area contributed by atoms with Gasteiger partial charge in [0.2, 0.25) is 29.9 Å². The first-order valence-electron chi connectivity index (χ1n) is 35.7. The highest BCUT2D eigenvalue weighted by molar-refractivity contribution is 5.26. The molecule has 9 rings (SSSR count). The lowest BCUT2D eigenvalue weighted by molar-refractivity contribution is 0.0809. The highest BCUT2D eigenvalue weighted by Gasteiger charge is 2.22. The standard InChI is InChI=1S/C11H16FNO.2C10H15NO.3C10H15N.C9H16N2.C9H13NO.C7H12N2O.2CH4/c1-8(12)14-10-6-5-9(7-13-10)11(2,3)4;1-10(2,3)8-5-6-9(12-4)11-7-8;1-8-5-6-11(9(12)7-8)10(2,3)4;3*1-8-5-6-9(7-11-8)10(2,3)4;1-5-11-7-8(6-10-11)9(2,3)4;1-9(2,3)10-7-5-4-6-8(10)11;1-5-8-9-6(10-5)7(2,3)4;;/h5-8H,1-4H3;2*5-7H,1-4H3;3*5-7H,1-4H3;6-7H,5H2,1-4H3;4-7H,1-3H3;1-4H3;2*1H4. The predicted octanol–water partition coefficient (Wildman–Crippen LogP) is 22.2. The van der Waals surface area contributed by atoms with E-state index >= 15 is 0 Å². The molecule has 105 heavy (non-hydrogen) atoms. The van der Waals surface area contributed by atoms with Gasteiger partial charge in [0.15, 0.2) is 0 Å². The van der Waals surface area contributed by atoms with Crippen LogP contribution in [-0.4, -0.2) is 67.5 Å². The molecule has 1 unspecified atom stereocenters. The Morgan fingerprint density at radius 1 is 0.429 bits per heavy atom. The van der Waals surface area contributed by atoms with Crippen molar-refractivity contribution in [2.75, 3.05) is 7.11 Å². The van der Waals surface area contributed by atoms with E-state index in [0.717, 1.165) is 34.8 Å². The average molecular weight is 1450 g/mol. The second kappa shape index (κ2) is 42.6. The largest absolute Gasteiger partial charge is 0.481 e. The van der Waals surface area contributed by atoms with Gasteiger partial charge in [-0.25, -0.2) is 14.4 Å². The van der Waals surface area contributed by atoms with Crippen LogP contribution in [-0.2, 0) is 55.5 Å². The lowest BCUT2D eigenvalue weighted by Crippen LogP contribution is -2.32. The first kappa shape index (κ1) is 98.6. The maximum absolute atomic E-state index is 12.5. The molecule has 1 atom stereocenters. The third-order valence-electron chi connectivity index (χ3n) is 15.4. The van der Waals surface area contributed by atoms with Gasteiger partial charge in [0.05, 0.1) is 13.3 Å². The fraction of sp³-hybridized carbons (Fsp3) is 0.545. The van der Waals surface area contributed by atoms with Crippen molar-refractivity contribution in [3.63, 3.8) is 0 Å². The minimum Gasteiger partial charge on any atom is -0.481 e. The van der Waals surface area contributed by atoms with Crippen molar-refractivity contribution in [2.45, 2.75) is 312 Å². The van der Waals surface area contributed by atoms with Crippen LogP contribution in [0, 0.1) is 34.6 Å². The molecule has 584 valence electrons. The van der Waals surface area contributed by atoms with E-state index in [-0.39, 0.29) is 75.0 Å². The van der Waals surface area contributed by atoms with Gasteiger partial charge in [-0.05, 0) is 178 Å². The Balaban J connectivity index is 0. The summed E-state index contributed by atoms with van der Waals surface area (Å²) in [4.78, 5) is 43.6. The molecule has 0 bridgehead atoms. The molecule has 0 aliphatic heterocycles. The quantitative estimate of drug-likeness (QED) is 0.162. The topological polar surface area (TPSA) is 184 Å². The number of pyridine rings is 7. The monoisotopic (exact) mass is 1450 g/mol. The number of alkyl halides is 1. The third kappa shape index (κ3) is 39.5. The van der Waals surface area contributed by atoms with Gasteiger partial charge in [-0.15, -0.1) is 10.2 Å². The number of aryl methyl sites for hydroxylation is 6. The molecular formula is C88H140FN11O5. The summed E-state index contributed by atoms with van der Waals surface area (Å²) in [5.74, 6) is 2.32. The first-order chi connectivity index (χ1) is 46.9. The molecule has 9 aromatic heterocycles. The molecule has 0 fully saturated rings. The van der Waals surface area contributed by atoms with Gasteiger partial charge in [-0.1, -0.05) is 197 Å². The Bertz CT molecular complexity index is 3820. The molecule has 0 aromatic carbocycles. The number of nitrogens with zero attached hydrogens (tertiary/aromatic N) is 11. The summed E-state index contributed by atoms with van der Waals surface area (Å²) in [6, 6.07) is 28.9. The number of hydrogen-bond acceptors (Lipinski definition) is 13. The van der Waals surface area contributed by atoms with Crippen molar-refractivity contribution in [1.29, 1.82) is 0 Å². The highest BCUT2D eigenvalue weighted by atomic mass is 19.1. The molecule has 0 amide bonds. The second-order valence-electron chi connectivity index (χ2n) is 34.8. The minimum atomic E-state index is -1.32. The van der Waals surface area contributed by atoms with E-state index in [1.807, 2.05) is 168 Å². The maximum atomic E-state index is 12.5. The third-order valence-corrected chi connectivity index (χ3v) is 15.4. The van der Waals surface area contributed by atoms with Crippen LogP contribution in [0.5, 0.6) is 11.8 Å². The van der Waals surface area contributed by atoms with E-state index in [9.17, 15) is 14.0 Å². The van der Waals surface area contributed by atoms with Crippen molar-refractivity contribution in [3.05, 3.63) is 235 Å². The number of hydrogen-bond donors (Lipinski definition) is 0. The van der Waals surface area contributed by atoms with Gasteiger partial charge in [0.25, 0.3) is 11.1 Å². The Kier molecular flexibility index (Phi) is 40.0. The van der Waals surface area contributed by atoms with E-state index in [0.29, 0.717) is 23.5 Å². The first-order valence-corrected chi connectivity index (χ1v) is 35.7. The van der Waals surface area contributed by atoms with Crippen molar-refractivity contribution in [3.8, 4) is 11.8 Å². The summed E-state index contributed by atoms with van der Waals surface area (Å²) < 4.78 is 32.9. The van der Waals surface area contributed by atoms with Gasteiger partial charge in [0, 0.05) is 128 Å². The molecule has 0 N–H and O–H groups in total. The molecular weight excluding hydrogens is 1310 g/mol. The zero-order chi connectivity index (χ0) is 79.5. The molecule has 0 aliphatic carbocycles. The van der Waals surface area contributed by atoms with Crippen LogP contribution in [0.2, 0.25) is 0 Å². The zero-order valence-electron chi connectivity index (χ0n) is 70.0. The highest BCUT2D eigenvalue weighted by Crippen LogP contribution is 2.27. The number of halogens is 1.